The lowest BCUT2D eigenvalue weighted by Gasteiger charge is -2.09. The monoisotopic (exact) mass is 422 g/mol. The molecule has 3 aromatic heterocycles. The standard InChI is InChI=1S/C12H17NO2.C10H9N5O/c1-2-10-4-3-5-11(13-10)8-15-12-6-7-14-9-12;1-5-2-3-7(16-5)8-6-4-12-15-9(6)14-10(11)13-8/h3-5,12H,2,6-9H2,1H3;2-3H,4H2,1H3,(H2,11,13,14). The van der Waals surface area contributed by atoms with Gasteiger partial charge in [-0.25, -0.2) is 4.98 Å². The van der Waals surface area contributed by atoms with Gasteiger partial charge in [0, 0.05) is 12.3 Å². The van der Waals surface area contributed by atoms with Gasteiger partial charge in [0.2, 0.25) is 5.95 Å². The van der Waals surface area contributed by atoms with Gasteiger partial charge in [-0.1, -0.05) is 13.0 Å². The molecule has 5 rings (SSSR count). The number of fused-ring (bicyclic) bond motifs is 1. The van der Waals surface area contributed by atoms with E-state index >= 15 is 0 Å². The van der Waals surface area contributed by atoms with Gasteiger partial charge in [-0.05, 0) is 44.0 Å². The van der Waals surface area contributed by atoms with Crippen molar-refractivity contribution in [3.63, 3.8) is 0 Å². The molecule has 0 aliphatic carbocycles. The van der Waals surface area contributed by atoms with Crippen LogP contribution in [0.15, 0.2) is 45.0 Å². The second-order valence-corrected chi connectivity index (χ2v) is 7.31. The molecule has 0 bridgehead atoms. The smallest absolute Gasteiger partial charge is 0.222 e. The lowest BCUT2D eigenvalue weighted by Crippen LogP contribution is -2.12. The maximum absolute atomic E-state index is 5.70. The number of aromatic nitrogens is 3. The van der Waals surface area contributed by atoms with E-state index in [-0.39, 0.29) is 12.1 Å². The summed E-state index contributed by atoms with van der Waals surface area (Å²) in [6.07, 6.45) is 2.24. The molecule has 0 spiro atoms. The van der Waals surface area contributed by atoms with Crippen LogP contribution in [0.1, 0.15) is 36.1 Å². The van der Waals surface area contributed by atoms with Gasteiger partial charge in [-0.15, -0.1) is 5.11 Å². The van der Waals surface area contributed by atoms with Crippen LogP contribution in [0, 0.1) is 6.92 Å². The quantitative estimate of drug-likeness (QED) is 0.655. The first kappa shape index (κ1) is 21.1. The molecule has 2 N–H and O–H groups in total. The van der Waals surface area contributed by atoms with E-state index in [1.807, 2.05) is 37.3 Å². The third kappa shape index (κ3) is 5.31. The minimum atomic E-state index is 0.184. The molecular formula is C22H26N6O3. The molecule has 2 aliphatic heterocycles. The maximum atomic E-state index is 5.70. The van der Waals surface area contributed by atoms with Crippen molar-refractivity contribution in [3.05, 3.63) is 53.0 Å². The van der Waals surface area contributed by atoms with E-state index in [1.54, 1.807) is 0 Å². The van der Waals surface area contributed by atoms with Crippen LogP contribution in [0.2, 0.25) is 0 Å². The van der Waals surface area contributed by atoms with Gasteiger partial charge in [-0.3, -0.25) is 4.98 Å². The van der Waals surface area contributed by atoms with Crippen LogP contribution in [-0.2, 0) is 29.0 Å². The average Bonchev–Trinajstić information content (AvgIpc) is 3.54. The highest BCUT2D eigenvalue weighted by Crippen LogP contribution is 2.34. The van der Waals surface area contributed by atoms with Gasteiger partial charge in [0.05, 0.1) is 37.1 Å². The number of nitrogens with two attached hydrogens (primary N) is 1. The Balaban J connectivity index is 0.000000150. The van der Waals surface area contributed by atoms with Crippen LogP contribution in [0.5, 0.6) is 0 Å². The molecule has 5 heterocycles. The lowest BCUT2D eigenvalue weighted by atomic mass is 10.2. The number of furan rings is 1. The van der Waals surface area contributed by atoms with Crippen molar-refractivity contribution in [2.24, 2.45) is 10.2 Å². The Bertz CT molecular complexity index is 1060. The average molecular weight is 422 g/mol. The van der Waals surface area contributed by atoms with Gasteiger partial charge in [0.25, 0.3) is 0 Å². The summed E-state index contributed by atoms with van der Waals surface area (Å²) in [6, 6.07) is 9.83. The minimum Gasteiger partial charge on any atom is -0.460 e. The molecule has 1 atom stereocenters. The number of ether oxygens (including phenoxy) is 2. The molecule has 1 unspecified atom stereocenters. The highest BCUT2D eigenvalue weighted by Gasteiger charge is 2.20. The second kappa shape index (κ2) is 9.76. The molecule has 162 valence electrons. The molecule has 9 nitrogen and oxygen atoms in total. The maximum Gasteiger partial charge on any atom is 0.222 e. The summed E-state index contributed by atoms with van der Waals surface area (Å²) >= 11 is 0. The van der Waals surface area contributed by atoms with Crippen molar-refractivity contribution in [3.8, 4) is 11.5 Å². The van der Waals surface area contributed by atoms with Crippen molar-refractivity contribution in [1.29, 1.82) is 0 Å². The number of hydrogen-bond donors (Lipinski definition) is 1. The summed E-state index contributed by atoms with van der Waals surface area (Å²) in [6.45, 7) is 6.62. The lowest BCUT2D eigenvalue weighted by molar-refractivity contribution is 0.0301. The van der Waals surface area contributed by atoms with Gasteiger partial charge in [-0.2, -0.15) is 10.1 Å². The van der Waals surface area contributed by atoms with Gasteiger partial charge < -0.3 is 19.6 Å². The third-order valence-corrected chi connectivity index (χ3v) is 4.95. The van der Waals surface area contributed by atoms with E-state index in [0.717, 1.165) is 48.8 Å². The zero-order chi connectivity index (χ0) is 21.6. The van der Waals surface area contributed by atoms with Crippen molar-refractivity contribution < 1.29 is 13.9 Å². The summed E-state index contributed by atoms with van der Waals surface area (Å²) < 4.78 is 16.5. The van der Waals surface area contributed by atoms with E-state index in [9.17, 15) is 0 Å². The molecule has 0 aromatic carbocycles. The van der Waals surface area contributed by atoms with Crippen LogP contribution < -0.4 is 5.73 Å². The predicted molar refractivity (Wildman–Crippen MR) is 115 cm³/mol. The molecule has 0 saturated carbocycles. The third-order valence-electron chi connectivity index (χ3n) is 4.95. The Morgan fingerprint density at radius 1 is 1.13 bits per heavy atom. The molecule has 0 radical (unpaired) electrons. The number of pyridine rings is 1. The number of hydrogen-bond acceptors (Lipinski definition) is 9. The Morgan fingerprint density at radius 3 is 2.74 bits per heavy atom. The summed E-state index contributed by atoms with van der Waals surface area (Å²) in [5.74, 6) is 2.23. The van der Waals surface area contributed by atoms with Crippen LogP contribution in [0.25, 0.3) is 11.5 Å². The molecule has 9 heteroatoms. The number of nitrogen functional groups attached to an aromatic ring is 1. The first-order valence-corrected chi connectivity index (χ1v) is 10.4. The summed E-state index contributed by atoms with van der Waals surface area (Å²) in [4.78, 5) is 12.7. The molecular weight excluding hydrogens is 396 g/mol. The normalized spacial score (nSPS) is 16.8. The van der Waals surface area contributed by atoms with Gasteiger partial charge >= 0.3 is 0 Å². The van der Waals surface area contributed by atoms with Gasteiger partial charge in [0.1, 0.15) is 11.5 Å². The molecule has 2 aliphatic rings. The number of rotatable bonds is 5. The van der Waals surface area contributed by atoms with E-state index in [2.05, 4.69) is 32.1 Å². The number of azo groups is 1. The molecule has 0 amide bonds. The molecule has 3 aromatic rings. The largest absolute Gasteiger partial charge is 0.460 e. The first-order valence-electron chi connectivity index (χ1n) is 10.4. The highest BCUT2D eigenvalue weighted by molar-refractivity contribution is 5.65. The van der Waals surface area contributed by atoms with Crippen molar-refractivity contribution >= 4 is 11.8 Å². The van der Waals surface area contributed by atoms with E-state index in [4.69, 9.17) is 19.6 Å². The summed E-state index contributed by atoms with van der Waals surface area (Å²) in [5, 5.41) is 7.82. The number of aryl methyl sites for hydroxylation is 2. The summed E-state index contributed by atoms with van der Waals surface area (Å²) in [7, 11) is 0. The Hall–Kier alpha value is -3.17. The van der Waals surface area contributed by atoms with E-state index in [0.29, 0.717) is 30.4 Å². The Morgan fingerprint density at radius 2 is 2.00 bits per heavy atom. The van der Waals surface area contributed by atoms with Crippen molar-refractivity contribution in [2.75, 3.05) is 18.9 Å². The second-order valence-electron chi connectivity index (χ2n) is 7.31. The fourth-order valence-corrected chi connectivity index (χ4v) is 3.31. The zero-order valence-corrected chi connectivity index (χ0v) is 17.7. The molecule has 1 fully saturated rings. The zero-order valence-electron chi connectivity index (χ0n) is 17.7. The van der Waals surface area contributed by atoms with E-state index < -0.39 is 0 Å². The highest BCUT2D eigenvalue weighted by atomic mass is 16.5. The summed E-state index contributed by atoms with van der Waals surface area (Å²) in [5.41, 5.74) is 9.29. The predicted octanol–water partition coefficient (Wildman–Crippen LogP) is 4.17. The van der Waals surface area contributed by atoms with Crippen LogP contribution >= 0.6 is 0 Å². The molecule has 31 heavy (non-hydrogen) atoms. The SMILES string of the molecule is CCc1cccc(COC2CCOC2)n1.Cc1ccc(-c2nc(N)nc3c2CN=N3)o1. The van der Waals surface area contributed by atoms with E-state index in [1.165, 1.54) is 0 Å². The molecule has 1 saturated heterocycles. The fraction of sp³-hybridized carbons (Fsp3) is 0.409. The van der Waals surface area contributed by atoms with Crippen LogP contribution in [0.3, 0.4) is 0 Å². The minimum absolute atomic E-state index is 0.184. The Labute approximate surface area is 180 Å². The number of anilines is 1. The van der Waals surface area contributed by atoms with Gasteiger partial charge in [0.15, 0.2) is 11.6 Å². The number of nitrogens with zero attached hydrogens (tertiary/aromatic N) is 5. The fourth-order valence-electron chi connectivity index (χ4n) is 3.31. The topological polar surface area (TPSA) is 121 Å². The Kier molecular flexibility index (Phi) is 6.63. The van der Waals surface area contributed by atoms with Crippen LogP contribution in [-0.4, -0.2) is 34.3 Å². The van der Waals surface area contributed by atoms with Crippen molar-refractivity contribution in [2.45, 2.75) is 45.9 Å². The van der Waals surface area contributed by atoms with Crippen molar-refractivity contribution in [1.82, 2.24) is 15.0 Å². The van der Waals surface area contributed by atoms with Crippen LogP contribution in [0.4, 0.5) is 11.8 Å². The first-order chi connectivity index (χ1) is 15.1.